The Morgan fingerprint density at radius 3 is 2.60 bits per heavy atom. The number of nitrogens with one attached hydrogen (secondary N) is 1. The van der Waals surface area contributed by atoms with Crippen molar-refractivity contribution in [1.82, 2.24) is 14.8 Å². The molecule has 1 heterocycles. The molecule has 0 atom stereocenters. The first-order chi connectivity index (χ1) is 14.5. The number of rotatable bonds is 9. The second-order valence-electron chi connectivity index (χ2n) is 7.40. The minimum absolute atomic E-state index is 0.00540. The number of anilines is 1. The quantitative estimate of drug-likeness (QED) is 0.554. The van der Waals surface area contributed by atoms with E-state index in [4.69, 9.17) is 9.47 Å². The van der Waals surface area contributed by atoms with E-state index in [-0.39, 0.29) is 5.91 Å². The fraction of sp³-hybridized carbons (Fsp3) is 0.348. The van der Waals surface area contributed by atoms with Crippen LogP contribution in [0.15, 0.2) is 48.5 Å². The number of nitrogens with zero attached hydrogens (tertiary/aromatic N) is 3. The Balaban J connectivity index is 1.91. The Bertz CT molecular complexity index is 980. The predicted octanol–water partition coefficient (Wildman–Crippen LogP) is 4.72. The van der Waals surface area contributed by atoms with Crippen LogP contribution in [-0.4, -0.2) is 34.4 Å². The average Bonchev–Trinajstić information content (AvgIpc) is 3.16. The zero-order valence-corrected chi connectivity index (χ0v) is 17.9. The third-order valence-electron chi connectivity index (χ3n) is 4.34. The minimum Gasteiger partial charge on any atom is -0.497 e. The van der Waals surface area contributed by atoms with Gasteiger partial charge in [-0.1, -0.05) is 32.9 Å². The molecular formula is C23H28N4O3. The van der Waals surface area contributed by atoms with Crippen molar-refractivity contribution in [3.05, 3.63) is 48.5 Å². The molecule has 7 heteroatoms. The summed E-state index contributed by atoms with van der Waals surface area (Å²) in [4.78, 5) is 16.6. The molecule has 0 saturated carbocycles. The van der Waals surface area contributed by atoms with Crippen LogP contribution in [0.25, 0.3) is 17.1 Å². The van der Waals surface area contributed by atoms with Gasteiger partial charge >= 0.3 is 6.01 Å². The van der Waals surface area contributed by atoms with Gasteiger partial charge in [-0.3, -0.25) is 4.79 Å². The molecule has 0 aliphatic rings. The summed E-state index contributed by atoms with van der Waals surface area (Å²) < 4.78 is 12.7. The Morgan fingerprint density at radius 1 is 1.17 bits per heavy atom. The highest BCUT2D eigenvalue weighted by Crippen LogP contribution is 2.27. The lowest BCUT2D eigenvalue weighted by Gasteiger charge is -2.10. The monoisotopic (exact) mass is 408 g/mol. The van der Waals surface area contributed by atoms with Gasteiger partial charge in [-0.15, -0.1) is 5.10 Å². The van der Waals surface area contributed by atoms with Crippen molar-refractivity contribution >= 4 is 11.6 Å². The maximum absolute atomic E-state index is 12.0. The zero-order chi connectivity index (χ0) is 21.5. The van der Waals surface area contributed by atoms with Crippen LogP contribution >= 0.6 is 0 Å². The standard InChI is InChI=1S/C23H28N4O3/c1-5-13-30-23-25-22(17-7-6-8-20(15-17)29-4)27(26-23)19-11-9-18(10-12-19)24-21(28)14-16(2)3/h6-12,15-16H,5,13-14H2,1-4H3,(H,24,28). The first-order valence-electron chi connectivity index (χ1n) is 10.1. The third kappa shape index (κ3) is 5.37. The number of hydrogen-bond donors (Lipinski definition) is 1. The lowest BCUT2D eigenvalue weighted by molar-refractivity contribution is -0.116. The van der Waals surface area contributed by atoms with Crippen LogP contribution in [0.5, 0.6) is 11.8 Å². The normalized spacial score (nSPS) is 10.8. The van der Waals surface area contributed by atoms with E-state index in [1.54, 1.807) is 11.8 Å². The first kappa shape index (κ1) is 21.4. The van der Waals surface area contributed by atoms with Gasteiger partial charge in [0.05, 0.1) is 19.4 Å². The van der Waals surface area contributed by atoms with Crippen LogP contribution in [0.1, 0.15) is 33.6 Å². The Labute approximate surface area is 177 Å². The Kier molecular flexibility index (Phi) is 7.06. The SMILES string of the molecule is CCCOc1nc(-c2cccc(OC)c2)n(-c2ccc(NC(=O)CC(C)C)cc2)n1. The molecule has 3 rings (SSSR count). The molecule has 2 aromatic carbocycles. The van der Waals surface area contributed by atoms with E-state index in [1.807, 2.05) is 69.3 Å². The summed E-state index contributed by atoms with van der Waals surface area (Å²) in [6.07, 6.45) is 1.36. The average molecular weight is 409 g/mol. The number of methoxy groups -OCH3 is 1. The van der Waals surface area contributed by atoms with E-state index in [0.717, 1.165) is 29.1 Å². The summed E-state index contributed by atoms with van der Waals surface area (Å²) in [5, 5.41) is 7.46. The second kappa shape index (κ2) is 9.91. The highest BCUT2D eigenvalue weighted by molar-refractivity contribution is 5.90. The molecule has 1 amide bonds. The van der Waals surface area contributed by atoms with Gasteiger partial charge < -0.3 is 14.8 Å². The van der Waals surface area contributed by atoms with Gasteiger partial charge in [-0.05, 0) is 48.7 Å². The van der Waals surface area contributed by atoms with Gasteiger partial charge in [0.15, 0.2) is 5.82 Å². The van der Waals surface area contributed by atoms with Gasteiger partial charge in [0.2, 0.25) is 5.91 Å². The molecule has 0 aliphatic heterocycles. The molecule has 1 N–H and O–H groups in total. The summed E-state index contributed by atoms with van der Waals surface area (Å²) >= 11 is 0. The summed E-state index contributed by atoms with van der Waals surface area (Å²) in [5.74, 6) is 1.70. The summed E-state index contributed by atoms with van der Waals surface area (Å²) in [6, 6.07) is 15.5. The highest BCUT2D eigenvalue weighted by Gasteiger charge is 2.15. The maximum atomic E-state index is 12.0. The molecule has 0 saturated heterocycles. The molecule has 7 nitrogen and oxygen atoms in total. The van der Waals surface area contributed by atoms with Gasteiger partial charge in [0, 0.05) is 17.7 Å². The smallest absolute Gasteiger partial charge is 0.336 e. The number of benzene rings is 2. The van der Waals surface area contributed by atoms with Crippen LogP contribution in [0.3, 0.4) is 0 Å². The van der Waals surface area contributed by atoms with Crippen molar-refractivity contribution in [1.29, 1.82) is 0 Å². The third-order valence-corrected chi connectivity index (χ3v) is 4.34. The number of hydrogen-bond acceptors (Lipinski definition) is 5. The number of amides is 1. The molecule has 0 radical (unpaired) electrons. The van der Waals surface area contributed by atoms with E-state index >= 15 is 0 Å². The second-order valence-corrected chi connectivity index (χ2v) is 7.40. The maximum Gasteiger partial charge on any atom is 0.336 e. The molecule has 3 aromatic rings. The van der Waals surface area contributed by atoms with Gasteiger partial charge in [-0.2, -0.15) is 4.98 Å². The molecule has 0 fully saturated rings. The molecule has 158 valence electrons. The van der Waals surface area contributed by atoms with E-state index < -0.39 is 0 Å². The lowest BCUT2D eigenvalue weighted by atomic mass is 10.1. The molecule has 1 aromatic heterocycles. The molecular weight excluding hydrogens is 380 g/mol. The topological polar surface area (TPSA) is 78.3 Å². The van der Waals surface area contributed by atoms with Crippen LogP contribution < -0.4 is 14.8 Å². The van der Waals surface area contributed by atoms with E-state index in [2.05, 4.69) is 15.4 Å². The summed E-state index contributed by atoms with van der Waals surface area (Å²) in [5.41, 5.74) is 2.42. The van der Waals surface area contributed by atoms with Gasteiger partial charge in [-0.25, -0.2) is 4.68 Å². The van der Waals surface area contributed by atoms with Crippen LogP contribution in [0.2, 0.25) is 0 Å². The van der Waals surface area contributed by atoms with Crippen LogP contribution in [-0.2, 0) is 4.79 Å². The predicted molar refractivity (Wildman–Crippen MR) is 117 cm³/mol. The summed E-state index contributed by atoms with van der Waals surface area (Å²) in [6.45, 7) is 6.62. The number of carbonyl (C=O) groups is 1. The van der Waals surface area contributed by atoms with Crippen molar-refractivity contribution in [3.63, 3.8) is 0 Å². The Hall–Kier alpha value is -3.35. The Morgan fingerprint density at radius 2 is 1.93 bits per heavy atom. The van der Waals surface area contributed by atoms with Crippen molar-refractivity contribution in [2.24, 2.45) is 5.92 Å². The van der Waals surface area contributed by atoms with E-state index in [9.17, 15) is 4.79 Å². The minimum atomic E-state index is 0.00540. The first-order valence-corrected chi connectivity index (χ1v) is 10.1. The lowest BCUT2D eigenvalue weighted by Crippen LogP contribution is -2.13. The van der Waals surface area contributed by atoms with E-state index in [0.29, 0.717) is 30.8 Å². The van der Waals surface area contributed by atoms with E-state index in [1.165, 1.54) is 0 Å². The van der Waals surface area contributed by atoms with Crippen molar-refractivity contribution < 1.29 is 14.3 Å². The number of carbonyl (C=O) groups excluding carboxylic acids is 1. The fourth-order valence-corrected chi connectivity index (χ4v) is 2.95. The number of ether oxygens (including phenoxy) is 2. The summed E-state index contributed by atoms with van der Waals surface area (Å²) in [7, 11) is 1.63. The van der Waals surface area contributed by atoms with Crippen molar-refractivity contribution in [2.45, 2.75) is 33.6 Å². The van der Waals surface area contributed by atoms with Crippen molar-refractivity contribution in [3.8, 4) is 28.8 Å². The largest absolute Gasteiger partial charge is 0.497 e. The van der Waals surface area contributed by atoms with Crippen molar-refractivity contribution in [2.75, 3.05) is 19.0 Å². The molecule has 0 spiro atoms. The van der Waals surface area contributed by atoms with Gasteiger partial charge in [0.25, 0.3) is 0 Å². The molecule has 0 bridgehead atoms. The molecule has 0 unspecified atom stereocenters. The van der Waals surface area contributed by atoms with Crippen LogP contribution in [0.4, 0.5) is 5.69 Å². The zero-order valence-electron chi connectivity index (χ0n) is 17.9. The molecule has 30 heavy (non-hydrogen) atoms. The highest BCUT2D eigenvalue weighted by atomic mass is 16.5. The van der Waals surface area contributed by atoms with Crippen LogP contribution in [0, 0.1) is 5.92 Å². The van der Waals surface area contributed by atoms with Gasteiger partial charge in [0.1, 0.15) is 5.75 Å². The number of aromatic nitrogens is 3. The fourth-order valence-electron chi connectivity index (χ4n) is 2.95. The molecule has 0 aliphatic carbocycles.